The van der Waals surface area contributed by atoms with Crippen LogP contribution in [-0.4, -0.2) is 15.6 Å². The van der Waals surface area contributed by atoms with Gasteiger partial charge in [0.25, 0.3) is 0 Å². The van der Waals surface area contributed by atoms with E-state index >= 15 is 0 Å². The maximum atomic E-state index is 5.83. The molecule has 0 radical (unpaired) electrons. The van der Waals surface area contributed by atoms with E-state index in [1.165, 1.54) is 0 Å². The zero-order valence-corrected chi connectivity index (χ0v) is 10.0. The summed E-state index contributed by atoms with van der Waals surface area (Å²) < 4.78 is 2.05. The van der Waals surface area contributed by atoms with Gasteiger partial charge in [-0.2, -0.15) is 0 Å². The van der Waals surface area contributed by atoms with Crippen molar-refractivity contribution in [3.63, 3.8) is 0 Å². The summed E-state index contributed by atoms with van der Waals surface area (Å²) in [5, 5.41) is 0. The van der Waals surface area contributed by atoms with Gasteiger partial charge in [0.1, 0.15) is 5.82 Å². The lowest BCUT2D eigenvalue weighted by Crippen LogP contribution is -2.23. The molecule has 14 heavy (non-hydrogen) atoms. The molecule has 1 rings (SSSR count). The van der Waals surface area contributed by atoms with E-state index in [4.69, 9.17) is 5.73 Å². The molecule has 2 N–H and O–H groups in total. The molecule has 0 aliphatic rings. The van der Waals surface area contributed by atoms with Gasteiger partial charge in [0.15, 0.2) is 0 Å². The van der Waals surface area contributed by atoms with Crippen molar-refractivity contribution in [3.8, 4) is 0 Å². The fraction of sp³-hybridized carbons (Fsp3) is 0.727. The Hall–Kier alpha value is -0.830. The fourth-order valence-electron chi connectivity index (χ4n) is 1.23. The van der Waals surface area contributed by atoms with Crippen molar-refractivity contribution < 1.29 is 0 Å². The smallest absolute Gasteiger partial charge is 0.110 e. The molecule has 0 amide bonds. The molecule has 0 bridgehead atoms. The Labute approximate surface area is 87.3 Å². The monoisotopic (exact) mass is 197 g/mol. The number of hydrogen-bond donors (Lipinski definition) is 1. The quantitative estimate of drug-likeness (QED) is 0.805. The van der Waals surface area contributed by atoms with Crippen molar-refractivity contribution in [1.29, 1.82) is 0 Å². The summed E-state index contributed by atoms with van der Waals surface area (Å²) >= 11 is 0. The summed E-state index contributed by atoms with van der Waals surface area (Å²) in [6, 6.07) is 0.241. The molecule has 0 saturated carbocycles. The van der Waals surface area contributed by atoms with Crippen LogP contribution >= 0.6 is 0 Å². The second kappa shape index (κ2) is 6.60. The molecular formula is C11H23N3. The lowest BCUT2D eigenvalue weighted by Gasteiger charge is -2.07. The van der Waals surface area contributed by atoms with Crippen LogP contribution in [0.15, 0.2) is 6.20 Å². The number of aryl methyl sites for hydroxylation is 2. The SMILES string of the molecule is CC.CCC(N)Cc1nc(C)cn1C. The van der Waals surface area contributed by atoms with Crippen LogP contribution < -0.4 is 5.73 Å². The number of imidazole rings is 1. The molecule has 0 aliphatic heterocycles. The van der Waals surface area contributed by atoms with Gasteiger partial charge in [0.05, 0.1) is 5.69 Å². The van der Waals surface area contributed by atoms with E-state index < -0.39 is 0 Å². The molecule has 0 aliphatic carbocycles. The summed E-state index contributed by atoms with van der Waals surface area (Å²) in [7, 11) is 2.01. The molecule has 1 aromatic heterocycles. The van der Waals surface area contributed by atoms with E-state index in [1.807, 2.05) is 38.6 Å². The van der Waals surface area contributed by atoms with Gasteiger partial charge in [-0.05, 0) is 13.3 Å². The van der Waals surface area contributed by atoms with Crippen LogP contribution in [0.3, 0.4) is 0 Å². The molecule has 3 heteroatoms. The van der Waals surface area contributed by atoms with Crippen molar-refractivity contribution in [2.24, 2.45) is 12.8 Å². The van der Waals surface area contributed by atoms with Gasteiger partial charge < -0.3 is 10.3 Å². The molecule has 1 aromatic rings. The number of hydrogen-bond acceptors (Lipinski definition) is 2. The van der Waals surface area contributed by atoms with E-state index in [2.05, 4.69) is 11.9 Å². The van der Waals surface area contributed by atoms with Crippen LogP contribution in [0.2, 0.25) is 0 Å². The van der Waals surface area contributed by atoms with Gasteiger partial charge in [-0.25, -0.2) is 4.98 Å². The van der Waals surface area contributed by atoms with Crippen LogP contribution in [0.1, 0.15) is 38.7 Å². The first kappa shape index (κ1) is 13.2. The first-order valence-corrected chi connectivity index (χ1v) is 5.38. The molecule has 0 saturated heterocycles. The Bertz CT molecular complexity index is 253. The summed E-state index contributed by atoms with van der Waals surface area (Å²) in [4.78, 5) is 4.38. The third kappa shape index (κ3) is 3.92. The van der Waals surface area contributed by atoms with Gasteiger partial charge in [-0.1, -0.05) is 20.8 Å². The van der Waals surface area contributed by atoms with Crippen molar-refractivity contribution >= 4 is 0 Å². The molecule has 1 atom stereocenters. The highest BCUT2D eigenvalue weighted by Gasteiger charge is 2.06. The number of nitrogens with zero attached hydrogens (tertiary/aromatic N) is 2. The highest BCUT2D eigenvalue weighted by Crippen LogP contribution is 2.03. The number of rotatable bonds is 3. The molecule has 0 aromatic carbocycles. The maximum absolute atomic E-state index is 5.83. The fourth-order valence-corrected chi connectivity index (χ4v) is 1.23. The number of aromatic nitrogens is 2. The first-order valence-electron chi connectivity index (χ1n) is 5.38. The highest BCUT2D eigenvalue weighted by atomic mass is 15.0. The molecule has 3 nitrogen and oxygen atoms in total. The molecule has 1 heterocycles. The molecular weight excluding hydrogens is 174 g/mol. The second-order valence-electron chi connectivity index (χ2n) is 3.28. The second-order valence-corrected chi connectivity index (χ2v) is 3.28. The zero-order chi connectivity index (χ0) is 11.1. The minimum atomic E-state index is 0.241. The van der Waals surface area contributed by atoms with Gasteiger partial charge in [-0.3, -0.25) is 0 Å². The number of nitrogens with two attached hydrogens (primary N) is 1. The standard InChI is InChI=1S/C9H17N3.C2H6/c1-4-8(10)5-9-11-7(2)6-12(9)3;1-2/h6,8H,4-5,10H2,1-3H3;1-2H3. The Kier molecular flexibility index (Phi) is 6.21. The molecule has 0 spiro atoms. The summed E-state index contributed by atoms with van der Waals surface area (Å²) in [5.74, 6) is 1.09. The lowest BCUT2D eigenvalue weighted by atomic mass is 10.1. The van der Waals surface area contributed by atoms with Crippen molar-refractivity contribution in [1.82, 2.24) is 9.55 Å². The van der Waals surface area contributed by atoms with Gasteiger partial charge >= 0.3 is 0 Å². The molecule has 0 fully saturated rings. The summed E-state index contributed by atoms with van der Waals surface area (Å²) in [6.45, 7) is 8.10. The van der Waals surface area contributed by atoms with E-state index in [-0.39, 0.29) is 6.04 Å². The highest BCUT2D eigenvalue weighted by molar-refractivity contribution is 5.02. The van der Waals surface area contributed by atoms with Crippen LogP contribution in [0.4, 0.5) is 0 Å². The Morgan fingerprint density at radius 1 is 1.50 bits per heavy atom. The Balaban J connectivity index is 0.000000791. The van der Waals surface area contributed by atoms with E-state index in [0.717, 1.165) is 24.4 Å². The minimum Gasteiger partial charge on any atom is -0.338 e. The summed E-state index contributed by atoms with van der Waals surface area (Å²) in [6.07, 6.45) is 3.91. The molecule has 82 valence electrons. The van der Waals surface area contributed by atoms with Crippen LogP contribution in [0, 0.1) is 6.92 Å². The van der Waals surface area contributed by atoms with Gasteiger partial charge in [0, 0.05) is 25.7 Å². The van der Waals surface area contributed by atoms with Crippen molar-refractivity contribution in [3.05, 3.63) is 17.7 Å². The summed E-state index contributed by atoms with van der Waals surface area (Å²) in [5.41, 5.74) is 6.90. The largest absolute Gasteiger partial charge is 0.338 e. The average molecular weight is 197 g/mol. The van der Waals surface area contributed by atoms with Crippen LogP contribution in [-0.2, 0) is 13.5 Å². The Morgan fingerprint density at radius 2 is 2.07 bits per heavy atom. The van der Waals surface area contributed by atoms with Crippen LogP contribution in [0.5, 0.6) is 0 Å². The lowest BCUT2D eigenvalue weighted by molar-refractivity contribution is 0.608. The predicted octanol–water partition coefficient (Wildman–Crippen LogP) is 2.03. The van der Waals surface area contributed by atoms with E-state index in [0.29, 0.717) is 0 Å². The van der Waals surface area contributed by atoms with E-state index in [1.54, 1.807) is 0 Å². The average Bonchev–Trinajstić information content (AvgIpc) is 2.48. The normalized spacial score (nSPS) is 11.9. The van der Waals surface area contributed by atoms with Gasteiger partial charge in [-0.15, -0.1) is 0 Å². The third-order valence-corrected chi connectivity index (χ3v) is 2.06. The van der Waals surface area contributed by atoms with Crippen LogP contribution in [0.25, 0.3) is 0 Å². The van der Waals surface area contributed by atoms with Crippen molar-refractivity contribution in [2.75, 3.05) is 0 Å². The maximum Gasteiger partial charge on any atom is 0.110 e. The predicted molar refractivity (Wildman–Crippen MR) is 61.3 cm³/mol. The Morgan fingerprint density at radius 3 is 2.43 bits per heavy atom. The third-order valence-electron chi connectivity index (χ3n) is 2.06. The first-order chi connectivity index (χ1) is 6.63. The van der Waals surface area contributed by atoms with Crippen molar-refractivity contribution in [2.45, 2.75) is 46.6 Å². The van der Waals surface area contributed by atoms with Gasteiger partial charge in [0.2, 0.25) is 0 Å². The van der Waals surface area contributed by atoms with E-state index in [9.17, 15) is 0 Å². The zero-order valence-electron chi connectivity index (χ0n) is 10.0. The topological polar surface area (TPSA) is 43.8 Å². The molecule has 1 unspecified atom stereocenters. The minimum absolute atomic E-state index is 0.241.